The highest BCUT2D eigenvalue weighted by Gasteiger charge is 2.07. The van der Waals surface area contributed by atoms with E-state index in [2.05, 4.69) is 4.98 Å². The fraction of sp³-hybridized carbons (Fsp3) is 0.154. The van der Waals surface area contributed by atoms with Gasteiger partial charge in [-0.3, -0.25) is 0 Å². The lowest BCUT2D eigenvalue weighted by atomic mass is 10.1. The highest BCUT2D eigenvalue weighted by atomic mass is 35.5. The number of aromatic nitrogens is 1. The van der Waals surface area contributed by atoms with Crippen molar-refractivity contribution in [2.24, 2.45) is 0 Å². The lowest BCUT2D eigenvalue weighted by Gasteiger charge is -2.08. The Hall–Kier alpha value is -1.54. The van der Waals surface area contributed by atoms with E-state index in [1.165, 1.54) is 0 Å². The standard InChI is InChI=1S/C13H12ClNO/c1-16-13-12(8-7-11(9-14)15-13)10-5-3-2-4-6-10/h2-8H,9H2,1H3. The summed E-state index contributed by atoms with van der Waals surface area (Å²) in [6.45, 7) is 0. The molecule has 0 aliphatic heterocycles. The van der Waals surface area contributed by atoms with Crippen LogP contribution in [0, 0.1) is 0 Å². The van der Waals surface area contributed by atoms with Gasteiger partial charge in [-0.1, -0.05) is 30.3 Å². The third-order valence-corrected chi connectivity index (χ3v) is 2.61. The number of halogens is 1. The van der Waals surface area contributed by atoms with Crippen molar-refractivity contribution < 1.29 is 4.74 Å². The molecule has 3 heteroatoms. The third-order valence-electron chi connectivity index (χ3n) is 2.33. The summed E-state index contributed by atoms with van der Waals surface area (Å²) in [6.07, 6.45) is 0. The molecule has 2 aromatic rings. The molecule has 2 rings (SSSR count). The molecule has 1 aromatic carbocycles. The van der Waals surface area contributed by atoms with Crippen molar-refractivity contribution in [2.75, 3.05) is 7.11 Å². The van der Waals surface area contributed by atoms with E-state index in [0.29, 0.717) is 11.8 Å². The molecule has 0 radical (unpaired) electrons. The molecular weight excluding hydrogens is 222 g/mol. The lowest BCUT2D eigenvalue weighted by molar-refractivity contribution is 0.398. The first kappa shape index (κ1) is 11.0. The molecule has 1 aromatic heterocycles. The monoisotopic (exact) mass is 233 g/mol. The second kappa shape index (κ2) is 4.99. The van der Waals surface area contributed by atoms with Crippen LogP contribution in [0.2, 0.25) is 0 Å². The van der Waals surface area contributed by atoms with E-state index in [9.17, 15) is 0 Å². The summed E-state index contributed by atoms with van der Waals surface area (Å²) in [5, 5.41) is 0. The highest BCUT2D eigenvalue weighted by molar-refractivity contribution is 6.16. The molecule has 0 aliphatic rings. The van der Waals surface area contributed by atoms with E-state index in [1.54, 1.807) is 7.11 Å². The molecule has 0 N–H and O–H groups in total. The molecule has 16 heavy (non-hydrogen) atoms. The molecule has 0 saturated heterocycles. The summed E-state index contributed by atoms with van der Waals surface area (Å²) in [7, 11) is 1.62. The maximum atomic E-state index is 5.74. The van der Waals surface area contributed by atoms with Crippen molar-refractivity contribution in [3.05, 3.63) is 48.2 Å². The number of ether oxygens (including phenoxy) is 1. The molecule has 0 unspecified atom stereocenters. The first-order valence-corrected chi connectivity index (χ1v) is 5.54. The van der Waals surface area contributed by atoms with Crippen LogP contribution in [0.15, 0.2) is 42.5 Å². The van der Waals surface area contributed by atoms with Gasteiger partial charge in [0, 0.05) is 5.56 Å². The molecule has 0 spiro atoms. The highest BCUT2D eigenvalue weighted by Crippen LogP contribution is 2.28. The predicted octanol–water partition coefficient (Wildman–Crippen LogP) is 3.50. The van der Waals surface area contributed by atoms with Crippen molar-refractivity contribution >= 4 is 11.6 Å². The number of benzene rings is 1. The van der Waals surface area contributed by atoms with Crippen molar-refractivity contribution in [1.29, 1.82) is 0 Å². The van der Waals surface area contributed by atoms with Crippen molar-refractivity contribution in [3.8, 4) is 17.0 Å². The van der Waals surface area contributed by atoms with Crippen LogP contribution in [0.1, 0.15) is 5.69 Å². The van der Waals surface area contributed by atoms with Gasteiger partial charge in [0.25, 0.3) is 0 Å². The van der Waals surface area contributed by atoms with Crippen LogP contribution in [0.5, 0.6) is 5.88 Å². The second-order valence-corrected chi connectivity index (χ2v) is 3.63. The average Bonchev–Trinajstić information content (AvgIpc) is 2.39. The minimum Gasteiger partial charge on any atom is -0.481 e. The van der Waals surface area contributed by atoms with E-state index in [0.717, 1.165) is 16.8 Å². The number of hydrogen-bond donors (Lipinski definition) is 0. The van der Waals surface area contributed by atoms with Gasteiger partial charge in [0.05, 0.1) is 18.7 Å². The van der Waals surface area contributed by atoms with Gasteiger partial charge < -0.3 is 4.74 Å². The van der Waals surface area contributed by atoms with Crippen molar-refractivity contribution in [2.45, 2.75) is 5.88 Å². The van der Waals surface area contributed by atoms with E-state index in [-0.39, 0.29) is 0 Å². The summed E-state index contributed by atoms with van der Waals surface area (Å²) in [4.78, 5) is 4.33. The maximum absolute atomic E-state index is 5.74. The van der Waals surface area contributed by atoms with Crippen molar-refractivity contribution in [3.63, 3.8) is 0 Å². The predicted molar refractivity (Wildman–Crippen MR) is 65.8 cm³/mol. The molecule has 0 atom stereocenters. The zero-order chi connectivity index (χ0) is 11.4. The van der Waals surface area contributed by atoms with Gasteiger partial charge in [-0.05, 0) is 17.7 Å². The molecule has 0 bridgehead atoms. The first-order valence-electron chi connectivity index (χ1n) is 5.00. The molecule has 0 aliphatic carbocycles. The Morgan fingerprint density at radius 3 is 2.50 bits per heavy atom. The smallest absolute Gasteiger partial charge is 0.221 e. The second-order valence-electron chi connectivity index (χ2n) is 3.36. The number of nitrogens with zero attached hydrogens (tertiary/aromatic N) is 1. The van der Waals surface area contributed by atoms with Crippen molar-refractivity contribution in [1.82, 2.24) is 4.98 Å². The molecule has 0 amide bonds. The molecule has 82 valence electrons. The van der Waals surface area contributed by atoms with Gasteiger partial charge in [-0.15, -0.1) is 11.6 Å². The quantitative estimate of drug-likeness (QED) is 0.757. The summed E-state index contributed by atoms with van der Waals surface area (Å²) in [5.74, 6) is 1.01. The van der Waals surface area contributed by atoms with Gasteiger partial charge >= 0.3 is 0 Å². The van der Waals surface area contributed by atoms with E-state index in [4.69, 9.17) is 16.3 Å². The number of rotatable bonds is 3. The molecular formula is C13H12ClNO. The Morgan fingerprint density at radius 1 is 1.12 bits per heavy atom. The van der Waals surface area contributed by atoms with Gasteiger partial charge in [-0.2, -0.15) is 0 Å². The van der Waals surface area contributed by atoms with Crippen LogP contribution in [-0.2, 0) is 5.88 Å². The van der Waals surface area contributed by atoms with Crippen LogP contribution in [0.25, 0.3) is 11.1 Å². The molecule has 0 saturated carbocycles. The lowest BCUT2D eigenvalue weighted by Crippen LogP contribution is -1.94. The normalized spacial score (nSPS) is 10.1. The minimum absolute atomic E-state index is 0.394. The number of pyridine rings is 1. The van der Waals surface area contributed by atoms with E-state index in [1.807, 2.05) is 42.5 Å². The van der Waals surface area contributed by atoms with E-state index < -0.39 is 0 Å². The Kier molecular flexibility index (Phi) is 3.42. The van der Waals surface area contributed by atoms with Gasteiger partial charge in [0.1, 0.15) is 0 Å². The number of alkyl halides is 1. The van der Waals surface area contributed by atoms with Gasteiger partial charge in [0.15, 0.2) is 0 Å². The Balaban J connectivity index is 2.49. The third kappa shape index (κ3) is 2.17. The topological polar surface area (TPSA) is 22.1 Å². The number of methoxy groups -OCH3 is 1. The van der Waals surface area contributed by atoms with Gasteiger partial charge in [-0.25, -0.2) is 4.98 Å². The fourth-order valence-corrected chi connectivity index (χ4v) is 1.70. The Morgan fingerprint density at radius 2 is 1.88 bits per heavy atom. The SMILES string of the molecule is COc1nc(CCl)ccc1-c1ccccc1. The Labute approximate surface area is 99.9 Å². The summed E-state index contributed by atoms with van der Waals surface area (Å²) in [6, 6.07) is 13.9. The summed E-state index contributed by atoms with van der Waals surface area (Å²) in [5.41, 5.74) is 2.89. The van der Waals surface area contributed by atoms with Crippen LogP contribution in [0.3, 0.4) is 0 Å². The van der Waals surface area contributed by atoms with Gasteiger partial charge in [0.2, 0.25) is 5.88 Å². The zero-order valence-electron chi connectivity index (χ0n) is 8.98. The summed E-state index contributed by atoms with van der Waals surface area (Å²) < 4.78 is 5.27. The summed E-state index contributed by atoms with van der Waals surface area (Å²) >= 11 is 5.74. The van der Waals surface area contributed by atoms with Crippen LogP contribution in [-0.4, -0.2) is 12.1 Å². The zero-order valence-corrected chi connectivity index (χ0v) is 9.74. The Bertz CT molecular complexity index is 471. The van der Waals surface area contributed by atoms with Crippen LogP contribution < -0.4 is 4.74 Å². The number of hydrogen-bond acceptors (Lipinski definition) is 2. The van der Waals surface area contributed by atoms with E-state index >= 15 is 0 Å². The average molecular weight is 234 g/mol. The molecule has 0 fully saturated rings. The largest absolute Gasteiger partial charge is 0.481 e. The maximum Gasteiger partial charge on any atom is 0.221 e. The molecule has 2 nitrogen and oxygen atoms in total. The minimum atomic E-state index is 0.394. The van der Waals surface area contributed by atoms with Crippen LogP contribution in [0.4, 0.5) is 0 Å². The van der Waals surface area contributed by atoms with Crippen LogP contribution >= 0.6 is 11.6 Å². The first-order chi connectivity index (χ1) is 7.85. The fourth-order valence-electron chi connectivity index (χ4n) is 1.55. The molecule has 1 heterocycles.